The van der Waals surface area contributed by atoms with Crippen molar-refractivity contribution in [1.82, 2.24) is 0 Å². The van der Waals surface area contributed by atoms with Gasteiger partial charge in [0.05, 0.1) is 5.57 Å². The summed E-state index contributed by atoms with van der Waals surface area (Å²) in [7, 11) is 0. The fourth-order valence-electron chi connectivity index (χ4n) is 1.84. The normalized spacial score (nSPS) is 21.5. The number of ketones is 1. The molecule has 15 heavy (non-hydrogen) atoms. The zero-order valence-corrected chi connectivity index (χ0v) is 7.90. The van der Waals surface area contributed by atoms with E-state index in [0.29, 0.717) is 18.4 Å². The molecule has 0 atom stereocenters. The van der Waals surface area contributed by atoms with E-state index in [9.17, 15) is 18.0 Å². The number of carbonyl (C=O) groups excluding carboxylic acids is 1. The molecule has 0 spiro atoms. The van der Waals surface area contributed by atoms with E-state index >= 15 is 0 Å². The third-order valence-electron chi connectivity index (χ3n) is 2.66. The second-order valence-corrected chi connectivity index (χ2v) is 3.64. The van der Waals surface area contributed by atoms with E-state index in [1.165, 1.54) is 6.08 Å². The minimum Gasteiger partial charge on any atom is -0.294 e. The van der Waals surface area contributed by atoms with Crippen LogP contribution in [0.4, 0.5) is 13.2 Å². The molecule has 0 aromatic heterocycles. The van der Waals surface area contributed by atoms with Crippen molar-refractivity contribution in [2.75, 3.05) is 0 Å². The van der Waals surface area contributed by atoms with E-state index in [4.69, 9.17) is 0 Å². The zero-order valence-electron chi connectivity index (χ0n) is 7.90. The molecule has 1 nitrogen and oxygen atoms in total. The van der Waals surface area contributed by atoms with E-state index < -0.39 is 11.7 Å². The lowest BCUT2D eigenvalue weighted by Gasteiger charge is -2.06. The lowest BCUT2D eigenvalue weighted by atomic mass is 10.1. The van der Waals surface area contributed by atoms with Gasteiger partial charge in [-0.1, -0.05) is 17.7 Å². The van der Waals surface area contributed by atoms with Gasteiger partial charge >= 0.3 is 6.18 Å². The third-order valence-corrected chi connectivity index (χ3v) is 2.66. The first-order valence-electron chi connectivity index (χ1n) is 4.69. The number of carbonyl (C=O) groups is 1. The zero-order chi connectivity index (χ0) is 11.1. The van der Waals surface area contributed by atoms with Crippen LogP contribution in [-0.4, -0.2) is 12.0 Å². The molecule has 0 saturated carbocycles. The molecule has 2 aliphatic carbocycles. The van der Waals surface area contributed by atoms with Gasteiger partial charge in [0.2, 0.25) is 0 Å². The predicted molar refractivity (Wildman–Crippen MR) is 49.2 cm³/mol. The summed E-state index contributed by atoms with van der Waals surface area (Å²) in [6.45, 7) is 0. The van der Waals surface area contributed by atoms with E-state index in [1.807, 2.05) is 0 Å². The molecule has 2 aliphatic rings. The number of hydrogen-bond donors (Lipinski definition) is 0. The summed E-state index contributed by atoms with van der Waals surface area (Å²) >= 11 is 0. The van der Waals surface area contributed by atoms with Crippen LogP contribution in [0.3, 0.4) is 0 Å². The predicted octanol–water partition coefficient (Wildman–Crippen LogP) is 3.09. The number of halogens is 3. The average molecular weight is 214 g/mol. The molecular weight excluding hydrogens is 205 g/mol. The van der Waals surface area contributed by atoms with Crippen LogP contribution in [0, 0.1) is 0 Å². The number of allylic oxidation sites excluding steroid dienone is 6. The minimum absolute atomic E-state index is 0.0434. The summed E-state index contributed by atoms with van der Waals surface area (Å²) in [5.74, 6) is -0.0434. The number of rotatable bonds is 0. The molecule has 4 heteroatoms. The highest BCUT2D eigenvalue weighted by molar-refractivity contribution is 6.01. The highest BCUT2D eigenvalue weighted by Crippen LogP contribution is 2.34. The third kappa shape index (κ3) is 1.89. The van der Waals surface area contributed by atoms with Gasteiger partial charge in [0.15, 0.2) is 5.78 Å². The van der Waals surface area contributed by atoms with Crippen LogP contribution in [0.5, 0.6) is 0 Å². The highest BCUT2D eigenvalue weighted by Gasteiger charge is 2.33. The maximum atomic E-state index is 12.4. The molecule has 0 N–H and O–H groups in total. The minimum atomic E-state index is -4.32. The standard InChI is InChI=1S/C11H9F3O/c12-11(13,14)8-3-1-7-2-6-10(15)9(7)5-4-8/h3-5H,1-2,6H2. The van der Waals surface area contributed by atoms with Crippen LogP contribution in [0.2, 0.25) is 0 Å². The highest BCUT2D eigenvalue weighted by atomic mass is 19.4. The number of Topliss-reactive ketones (excluding diaryl/α,β-unsaturated/α-hetero) is 1. The number of hydrogen-bond acceptors (Lipinski definition) is 1. The smallest absolute Gasteiger partial charge is 0.294 e. The number of alkyl halides is 3. The van der Waals surface area contributed by atoms with E-state index in [2.05, 4.69) is 0 Å². The summed E-state index contributed by atoms with van der Waals surface area (Å²) in [6, 6.07) is 0. The van der Waals surface area contributed by atoms with Crippen molar-refractivity contribution in [3.05, 3.63) is 34.9 Å². The Hall–Kier alpha value is -1.32. The van der Waals surface area contributed by atoms with Gasteiger partial charge in [0.25, 0.3) is 0 Å². The SMILES string of the molecule is O=C1CCC2=C1C=CC(C(F)(F)F)=CC2. The van der Waals surface area contributed by atoms with Gasteiger partial charge in [0.1, 0.15) is 0 Å². The van der Waals surface area contributed by atoms with Crippen molar-refractivity contribution >= 4 is 5.78 Å². The molecule has 0 amide bonds. The summed E-state index contributed by atoms with van der Waals surface area (Å²) in [6.07, 6.45) is 0.395. The molecule has 0 aromatic rings. The largest absolute Gasteiger partial charge is 0.416 e. The van der Waals surface area contributed by atoms with Crippen LogP contribution in [0.1, 0.15) is 19.3 Å². The van der Waals surface area contributed by atoms with E-state index in [1.54, 1.807) is 0 Å². The quantitative estimate of drug-likeness (QED) is 0.605. The first-order chi connectivity index (χ1) is 6.98. The Bertz CT molecular complexity index is 397. The first kappa shape index (κ1) is 10.2. The molecule has 0 aromatic carbocycles. The Morgan fingerprint density at radius 1 is 1.13 bits per heavy atom. The van der Waals surface area contributed by atoms with Gasteiger partial charge in [-0.3, -0.25) is 4.79 Å². The Balaban J connectivity index is 2.29. The molecule has 2 rings (SSSR count). The molecule has 0 radical (unpaired) electrons. The first-order valence-corrected chi connectivity index (χ1v) is 4.69. The van der Waals surface area contributed by atoms with Crippen molar-refractivity contribution < 1.29 is 18.0 Å². The lowest BCUT2D eigenvalue weighted by molar-refractivity contribution is -0.114. The molecule has 0 bridgehead atoms. The summed E-state index contributed by atoms with van der Waals surface area (Å²) < 4.78 is 37.1. The summed E-state index contributed by atoms with van der Waals surface area (Å²) in [5, 5.41) is 0. The Morgan fingerprint density at radius 2 is 1.87 bits per heavy atom. The van der Waals surface area contributed by atoms with Crippen LogP contribution in [0.15, 0.2) is 34.9 Å². The van der Waals surface area contributed by atoms with Crippen LogP contribution >= 0.6 is 0 Å². The monoisotopic (exact) mass is 214 g/mol. The van der Waals surface area contributed by atoms with Gasteiger partial charge < -0.3 is 0 Å². The second-order valence-electron chi connectivity index (χ2n) is 3.64. The maximum absolute atomic E-state index is 12.4. The van der Waals surface area contributed by atoms with Crippen molar-refractivity contribution in [2.24, 2.45) is 0 Å². The van der Waals surface area contributed by atoms with Gasteiger partial charge in [-0.25, -0.2) is 0 Å². The lowest BCUT2D eigenvalue weighted by Crippen LogP contribution is -2.09. The van der Waals surface area contributed by atoms with Crippen molar-refractivity contribution in [1.29, 1.82) is 0 Å². The molecule has 0 unspecified atom stereocenters. The second kappa shape index (κ2) is 3.36. The fraction of sp³-hybridized carbons (Fsp3) is 0.364. The molecule has 0 heterocycles. The fourth-order valence-corrected chi connectivity index (χ4v) is 1.84. The van der Waals surface area contributed by atoms with Crippen LogP contribution in [-0.2, 0) is 4.79 Å². The van der Waals surface area contributed by atoms with Crippen molar-refractivity contribution in [2.45, 2.75) is 25.4 Å². The maximum Gasteiger partial charge on any atom is 0.416 e. The van der Waals surface area contributed by atoms with Crippen LogP contribution < -0.4 is 0 Å². The topological polar surface area (TPSA) is 17.1 Å². The summed E-state index contributed by atoms with van der Waals surface area (Å²) in [4.78, 5) is 11.3. The van der Waals surface area contributed by atoms with Crippen molar-refractivity contribution in [3.8, 4) is 0 Å². The van der Waals surface area contributed by atoms with Gasteiger partial charge in [-0.2, -0.15) is 13.2 Å². The molecule has 0 aliphatic heterocycles. The Morgan fingerprint density at radius 3 is 2.53 bits per heavy atom. The molecular formula is C11H9F3O. The van der Waals surface area contributed by atoms with E-state index in [0.717, 1.165) is 17.7 Å². The Kier molecular flexibility index (Phi) is 2.29. The molecule has 0 fully saturated rings. The average Bonchev–Trinajstić information content (AvgIpc) is 2.36. The van der Waals surface area contributed by atoms with E-state index in [-0.39, 0.29) is 12.2 Å². The van der Waals surface area contributed by atoms with Gasteiger partial charge in [-0.05, 0) is 18.9 Å². The van der Waals surface area contributed by atoms with Gasteiger partial charge in [-0.15, -0.1) is 0 Å². The Labute approximate surface area is 85.0 Å². The molecule has 0 saturated heterocycles. The van der Waals surface area contributed by atoms with Crippen LogP contribution in [0.25, 0.3) is 0 Å². The van der Waals surface area contributed by atoms with Gasteiger partial charge in [0, 0.05) is 12.0 Å². The molecule has 80 valence electrons. The van der Waals surface area contributed by atoms with Crippen molar-refractivity contribution in [3.63, 3.8) is 0 Å². The summed E-state index contributed by atoms with van der Waals surface area (Å²) in [5.41, 5.74) is 0.644.